The van der Waals surface area contributed by atoms with Crippen LogP contribution in [0.1, 0.15) is 22.2 Å². The molecule has 17 heavy (non-hydrogen) atoms. The molecule has 0 fully saturated rings. The lowest BCUT2D eigenvalue weighted by Crippen LogP contribution is -1.93. The van der Waals surface area contributed by atoms with Gasteiger partial charge in [0.25, 0.3) is 9.05 Å². The van der Waals surface area contributed by atoms with Gasteiger partial charge in [0.1, 0.15) is 0 Å². The van der Waals surface area contributed by atoms with Gasteiger partial charge in [-0.1, -0.05) is 0 Å². The van der Waals surface area contributed by atoms with Crippen LogP contribution in [-0.2, 0) is 9.05 Å². The Labute approximate surface area is 107 Å². The van der Waals surface area contributed by atoms with E-state index in [1.165, 1.54) is 24.3 Å². The highest BCUT2D eigenvalue weighted by Gasteiger charge is 2.16. The molecule has 3 nitrogen and oxygen atoms in total. The predicted molar refractivity (Wildman–Crippen MR) is 69.6 cm³/mol. The summed E-state index contributed by atoms with van der Waals surface area (Å²) < 4.78 is 23.6. The average molecular weight is 289 g/mol. The molecule has 2 aromatic rings. The number of carbonyl (C=O) groups excluding carboxylic acids is 1. The first kappa shape index (κ1) is 12.5. The normalized spacial score (nSPS) is 11.9. The van der Waals surface area contributed by atoms with E-state index in [1.54, 1.807) is 19.1 Å². The van der Waals surface area contributed by atoms with Crippen LogP contribution in [0.15, 0.2) is 23.1 Å². The Morgan fingerprint density at radius 1 is 1.29 bits per heavy atom. The maximum Gasteiger partial charge on any atom is 0.261 e. The number of aryl methyl sites for hydroxylation is 1. The molecule has 0 N–H and O–H groups in total. The Morgan fingerprint density at radius 2 is 1.94 bits per heavy atom. The molecule has 0 saturated heterocycles. The third-order valence-corrected chi connectivity index (χ3v) is 5.09. The van der Waals surface area contributed by atoms with Crippen molar-refractivity contribution in [2.24, 2.45) is 0 Å². The minimum absolute atomic E-state index is 0.0286. The minimum atomic E-state index is -3.74. The molecule has 0 radical (unpaired) electrons. The van der Waals surface area contributed by atoms with Crippen LogP contribution in [0.2, 0.25) is 0 Å². The zero-order chi connectivity index (χ0) is 12.8. The van der Waals surface area contributed by atoms with Gasteiger partial charge in [-0.2, -0.15) is 0 Å². The van der Waals surface area contributed by atoms with Gasteiger partial charge >= 0.3 is 0 Å². The highest BCUT2D eigenvalue weighted by molar-refractivity contribution is 8.13. The molecule has 0 bridgehead atoms. The summed E-state index contributed by atoms with van der Waals surface area (Å²) >= 11 is 1.35. The first-order valence-electron chi connectivity index (χ1n) is 4.79. The van der Waals surface area contributed by atoms with Gasteiger partial charge in [-0.25, -0.2) is 8.42 Å². The van der Waals surface area contributed by atoms with E-state index >= 15 is 0 Å². The Kier molecular flexibility index (Phi) is 3.01. The Morgan fingerprint density at radius 3 is 2.47 bits per heavy atom. The van der Waals surface area contributed by atoms with Crippen molar-refractivity contribution in [2.45, 2.75) is 18.7 Å². The molecular formula is C11H9ClO3S2. The van der Waals surface area contributed by atoms with Crippen molar-refractivity contribution in [3.05, 3.63) is 28.6 Å². The van der Waals surface area contributed by atoms with E-state index in [0.29, 0.717) is 10.4 Å². The number of fused-ring (bicyclic) bond motifs is 1. The lowest BCUT2D eigenvalue weighted by atomic mass is 10.2. The minimum Gasteiger partial charge on any atom is -0.294 e. The summed E-state index contributed by atoms with van der Waals surface area (Å²) in [5.74, 6) is -0.0286. The zero-order valence-corrected chi connectivity index (χ0v) is 11.5. The number of carbonyl (C=O) groups is 1. The summed E-state index contributed by atoms with van der Waals surface area (Å²) in [4.78, 5) is 12.0. The second-order valence-corrected chi connectivity index (χ2v) is 7.38. The smallest absolute Gasteiger partial charge is 0.261 e. The fourth-order valence-electron chi connectivity index (χ4n) is 1.60. The van der Waals surface area contributed by atoms with Gasteiger partial charge in [0, 0.05) is 15.4 Å². The van der Waals surface area contributed by atoms with Crippen molar-refractivity contribution < 1.29 is 13.2 Å². The van der Waals surface area contributed by atoms with Crippen LogP contribution in [0.3, 0.4) is 0 Å². The van der Waals surface area contributed by atoms with E-state index in [0.717, 1.165) is 10.1 Å². The van der Waals surface area contributed by atoms with Crippen molar-refractivity contribution in [1.82, 2.24) is 0 Å². The predicted octanol–water partition coefficient (Wildman–Crippen LogP) is 3.34. The first-order valence-corrected chi connectivity index (χ1v) is 7.91. The van der Waals surface area contributed by atoms with Crippen LogP contribution >= 0.6 is 22.0 Å². The molecule has 0 aliphatic rings. The van der Waals surface area contributed by atoms with E-state index in [4.69, 9.17) is 10.7 Å². The van der Waals surface area contributed by atoms with Crippen LogP contribution in [-0.4, -0.2) is 14.2 Å². The third-order valence-electron chi connectivity index (χ3n) is 2.42. The molecule has 2 rings (SSSR count). The number of rotatable bonds is 2. The molecular weight excluding hydrogens is 280 g/mol. The number of hydrogen-bond donors (Lipinski definition) is 0. The van der Waals surface area contributed by atoms with Crippen molar-refractivity contribution in [3.63, 3.8) is 0 Å². The fraction of sp³-hybridized carbons (Fsp3) is 0.182. The van der Waals surface area contributed by atoms with Gasteiger partial charge in [0.05, 0.1) is 9.77 Å². The molecule has 0 saturated carbocycles. The number of ketones is 1. The van der Waals surface area contributed by atoms with Gasteiger partial charge in [0.15, 0.2) is 5.78 Å². The molecule has 6 heteroatoms. The fourth-order valence-corrected chi connectivity index (χ4v) is 3.85. The molecule has 0 aliphatic heterocycles. The van der Waals surface area contributed by atoms with E-state index in [2.05, 4.69) is 0 Å². The molecule has 0 unspecified atom stereocenters. The average Bonchev–Trinajstić information content (AvgIpc) is 2.57. The Hall–Kier alpha value is -0.910. The summed E-state index contributed by atoms with van der Waals surface area (Å²) in [5.41, 5.74) is 0.587. The maximum atomic E-state index is 11.3. The summed E-state index contributed by atoms with van der Waals surface area (Å²) in [6, 6.07) is 4.94. The monoisotopic (exact) mass is 288 g/mol. The standard InChI is InChI=1S/C11H9ClO3S2/c1-6-3-10-8(4-9(16-10)7(2)13)5-11(6)17(12,14)15/h3-5H,1-2H3. The molecule has 0 aliphatic carbocycles. The number of hydrogen-bond acceptors (Lipinski definition) is 4. The quantitative estimate of drug-likeness (QED) is 0.629. The van der Waals surface area contributed by atoms with E-state index < -0.39 is 9.05 Å². The number of thiophene rings is 1. The number of halogens is 1. The summed E-state index contributed by atoms with van der Waals surface area (Å²) in [6.07, 6.45) is 0. The molecule has 1 heterocycles. The van der Waals surface area contributed by atoms with Gasteiger partial charge in [0.2, 0.25) is 0 Å². The molecule has 0 spiro atoms. The van der Waals surface area contributed by atoms with Crippen LogP contribution in [0.5, 0.6) is 0 Å². The SMILES string of the molecule is CC(=O)c1cc2cc(S(=O)(=O)Cl)c(C)cc2s1. The molecule has 1 aromatic heterocycles. The van der Waals surface area contributed by atoms with Gasteiger partial charge in [-0.05, 0) is 43.0 Å². The topological polar surface area (TPSA) is 51.2 Å². The largest absolute Gasteiger partial charge is 0.294 e. The van der Waals surface area contributed by atoms with Gasteiger partial charge < -0.3 is 0 Å². The van der Waals surface area contributed by atoms with Crippen LogP contribution in [0, 0.1) is 6.92 Å². The Balaban J connectivity index is 2.77. The molecule has 0 amide bonds. The van der Waals surface area contributed by atoms with Crippen molar-refractivity contribution in [2.75, 3.05) is 0 Å². The van der Waals surface area contributed by atoms with Crippen LogP contribution in [0.4, 0.5) is 0 Å². The highest BCUT2D eigenvalue weighted by Crippen LogP contribution is 2.31. The van der Waals surface area contributed by atoms with E-state index in [-0.39, 0.29) is 10.7 Å². The van der Waals surface area contributed by atoms with Crippen molar-refractivity contribution in [3.8, 4) is 0 Å². The lowest BCUT2D eigenvalue weighted by Gasteiger charge is -2.01. The van der Waals surface area contributed by atoms with Crippen molar-refractivity contribution >= 4 is 46.9 Å². The van der Waals surface area contributed by atoms with E-state index in [9.17, 15) is 13.2 Å². The molecule has 1 aromatic carbocycles. The Bertz CT molecular complexity index is 714. The first-order chi connectivity index (χ1) is 7.79. The van der Waals surface area contributed by atoms with Gasteiger partial charge in [-0.3, -0.25) is 4.79 Å². The summed E-state index contributed by atoms with van der Waals surface area (Å²) in [5, 5.41) is 0.727. The summed E-state index contributed by atoms with van der Waals surface area (Å²) in [6.45, 7) is 3.17. The second kappa shape index (κ2) is 4.08. The van der Waals surface area contributed by atoms with Gasteiger partial charge in [-0.15, -0.1) is 11.3 Å². The lowest BCUT2D eigenvalue weighted by molar-refractivity contribution is 0.102. The molecule has 0 atom stereocenters. The molecule has 90 valence electrons. The number of benzene rings is 1. The second-order valence-electron chi connectivity index (χ2n) is 3.76. The maximum absolute atomic E-state index is 11.3. The van der Waals surface area contributed by atoms with Crippen LogP contribution in [0.25, 0.3) is 10.1 Å². The zero-order valence-electron chi connectivity index (χ0n) is 9.15. The summed E-state index contributed by atoms with van der Waals surface area (Å²) in [7, 11) is 1.60. The van der Waals surface area contributed by atoms with Crippen molar-refractivity contribution in [1.29, 1.82) is 0 Å². The highest BCUT2D eigenvalue weighted by atomic mass is 35.7. The third kappa shape index (κ3) is 2.36. The van der Waals surface area contributed by atoms with Crippen LogP contribution < -0.4 is 0 Å². The van der Waals surface area contributed by atoms with E-state index in [1.807, 2.05) is 0 Å². The number of Topliss-reactive ketones (excluding diaryl/α,β-unsaturated/α-hetero) is 1.